The number of amides is 2. The largest absolute Gasteiger partial charge is 0.322 e. The summed E-state index contributed by atoms with van der Waals surface area (Å²) in [4.78, 5) is 26.1. The average molecular weight is 348 g/mol. The topological polar surface area (TPSA) is 49.4 Å². The Hall–Kier alpha value is -3.21. The lowest BCUT2D eigenvalue weighted by Gasteiger charge is -2.26. The molecule has 130 valence electrons. The Morgan fingerprint density at radius 2 is 1.81 bits per heavy atom. The lowest BCUT2D eigenvalue weighted by atomic mass is 10.0. The highest BCUT2D eigenvalue weighted by Gasteiger charge is 2.21. The van der Waals surface area contributed by atoms with Gasteiger partial charge >= 0.3 is 0 Å². The molecule has 0 saturated carbocycles. The van der Waals surface area contributed by atoms with Gasteiger partial charge in [-0.15, -0.1) is 0 Å². The van der Waals surface area contributed by atoms with Crippen LogP contribution >= 0.6 is 0 Å². The first-order valence-corrected chi connectivity index (χ1v) is 8.42. The number of carbonyl (C=O) groups excluding carboxylic acids is 2. The van der Waals surface area contributed by atoms with Crippen LogP contribution in [-0.4, -0.2) is 18.9 Å². The molecule has 0 fully saturated rings. The first kappa shape index (κ1) is 16.3. The van der Waals surface area contributed by atoms with Gasteiger partial charge in [-0.25, -0.2) is 4.39 Å². The van der Waals surface area contributed by atoms with Crippen molar-refractivity contribution in [3.8, 4) is 0 Å². The molecule has 26 heavy (non-hydrogen) atoms. The van der Waals surface area contributed by atoms with Crippen LogP contribution in [0.4, 0.5) is 15.8 Å². The molecule has 4 nitrogen and oxygen atoms in total. The summed E-state index contributed by atoms with van der Waals surface area (Å²) in [7, 11) is 1.75. The predicted molar refractivity (Wildman–Crippen MR) is 100 cm³/mol. The Morgan fingerprint density at radius 3 is 2.62 bits per heavy atom. The first-order chi connectivity index (χ1) is 12.5. The van der Waals surface area contributed by atoms with Crippen LogP contribution in [-0.2, 0) is 11.2 Å². The van der Waals surface area contributed by atoms with Gasteiger partial charge in [0.25, 0.3) is 5.91 Å². The molecule has 0 spiro atoms. The zero-order valence-corrected chi connectivity index (χ0v) is 14.3. The number of carbonyl (C=O) groups is 2. The summed E-state index contributed by atoms with van der Waals surface area (Å²) < 4.78 is 13.9. The van der Waals surface area contributed by atoms with Crippen LogP contribution in [0.5, 0.6) is 0 Å². The second-order valence-corrected chi connectivity index (χ2v) is 6.39. The van der Waals surface area contributed by atoms with Crippen LogP contribution in [0.3, 0.4) is 0 Å². The number of nitrogens with zero attached hydrogens (tertiary/aromatic N) is 1. The van der Waals surface area contributed by atoms with Crippen LogP contribution in [0, 0.1) is 5.82 Å². The lowest BCUT2D eigenvalue weighted by molar-refractivity contribution is -0.118. The number of aryl methyl sites for hydroxylation is 1. The summed E-state index contributed by atoms with van der Waals surface area (Å²) in [5, 5.41) is 3.88. The smallest absolute Gasteiger partial charge is 0.256 e. The molecule has 1 aliphatic rings. The molecule has 1 aliphatic heterocycles. The Labute approximate surface area is 150 Å². The van der Waals surface area contributed by atoms with Crippen LogP contribution < -0.4 is 10.2 Å². The molecular weight excluding hydrogens is 331 g/mol. The third-order valence-electron chi connectivity index (χ3n) is 4.80. The molecule has 0 aromatic heterocycles. The fourth-order valence-corrected chi connectivity index (χ4v) is 3.39. The molecule has 0 radical (unpaired) electrons. The van der Waals surface area contributed by atoms with Gasteiger partial charge in [-0.3, -0.25) is 9.59 Å². The van der Waals surface area contributed by atoms with E-state index in [0.717, 1.165) is 11.3 Å². The maximum atomic E-state index is 13.9. The van der Waals surface area contributed by atoms with E-state index in [-0.39, 0.29) is 17.6 Å². The van der Waals surface area contributed by atoms with Crippen LogP contribution in [0.25, 0.3) is 10.8 Å². The summed E-state index contributed by atoms with van der Waals surface area (Å²) in [5.41, 5.74) is 2.97. The fraction of sp³-hybridized carbons (Fsp3) is 0.143. The van der Waals surface area contributed by atoms with Crippen LogP contribution in [0.1, 0.15) is 22.3 Å². The second kappa shape index (κ2) is 6.26. The summed E-state index contributed by atoms with van der Waals surface area (Å²) in [6.45, 7) is 0. The van der Waals surface area contributed by atoms with Crippen molar-refractivity contribution in [3.05, 3.63) is 71.5 Å². The van der Waals surface area contributed by atoms with E-state index in [1.165, 1.54) is 12.1 Å². The highest BCUT2D eigenvalue weighted by molar-refractivity contribution is 6.13. The van der Waals surface area contributed by atoms with Gasteiger partial charge in [0, 0.05) is 35.8 Å². The molecule has 0 aliphatic carbocycles. The molecule has 0 saturated heterocycles. The van der Waals surface area contributed by atoms with E-state index in [9.17, 15) is 14.0 Å². The Bertz CT molecular complexity index is 1050. The van der Waals surface area contributed by atoms with Gasteiger partial charge in [0.15, 0.2) is 0 Å². The van der Waals surface area contributed by atoms with E-state index >= 15 is 0 Å². The van der Waals surface area contributed by atoms with Crippen molar-refractivity contribution in [2.24, 2.45) is 0 Å². The molecule has 3 aromatic rings. The summed E-state index contributed by atoms with van der Waals surface area (Å²) in [6.07, 6.45) is 1.12. The number of hydrogen-bond acceptors (Lipinski definition) is 2. The summed E-state index contributed by atoms with van der Waals surface area (Å²) in [5.74, 6) is -0.549. The Balaban J connectivity index is 1.66. The number of fused-ring (bicyclic) bond motifs is 2. The second-order valence-electron chi connectivity index (χ2n) is 6.39. The number of rotatable bonds is 2. The normalized spacial score (nSPS) is 13.6. The summed E-state index contributed by atoms with van der Waals surface area (Å²) >= 11 is 0. The minimum Gasteiger partial charge on any atom is -0.322 e. The van der Waals surface area contributed by atoms with Crippen molar-refractivity contribution >= 4 is 34.0 Å². The molecule has 0 unspecified atom stereocenters. The first-order valence-electron chi connectivity index (χ1n) is 8.42. The van der Waals surface area contributed by atoms with Gasteiger partial charge in [0.05, 0.1) is 0 Å². The molecular formula is C21H17FN2O2. The molecule has 5 heteroatoms. The standard InChI is InChI=1S/C21H17FN2O2/c1-24-19-10-7-14(12-13(19)6-11-20(24)25)23-21(26)17-8-9-18(22)16-5-3-2-4-15(16)17/h2-5,7-10,12H,6,11H2,1H3,(H,23,26). The predicted octanol–water partition coefficient (Wildman–Crippen LogP) is 4.14. The van der Waals surface area contributed by atoms with Crippen molar-refractivity contribution in [2.45, 2.75) is 12.8 Å². The quantitative estimate of drug-likeness (QED) is 0.757. The molecule has 1 N–H and O–H groups in total. The van der Waals surface area contributed by atoms with Crippen molar-refractivity contribution in [1.29, 1.82) is 0 Å². The molecule has 2 amide bonds. The summed E-state index contributed by atoms with van der Waals surface area (Å²) in [6, 6.07) is 15.2. The molecule has 4 rings (SSSR count). The highest BCUT2D eigenvalue weighted by atomic mass is 19.1. The van der Waals surface area contributed by atoms with E-state index in [4.69, 9.17) is 0 Å². The Morgan fingerprint density at radius 1 is 1.04 bits per heavy atom. The minimum atomic E-state index is -0.348. The molecule has 1 heterocycles. The monoisotopic (exact) mass is 348 g/mol. The number of benzene rings is 3. The van der Waals surface area contributed by atoms with Gasteiger partial charge in [-0.1, -0.05) is 24.3 Å². The molecule has 0 bridgehead atoms. The zero-order valence-electron chi connectivity index (χ0n) is 14.3. The van der Waals surface area contributed by atoms with Crippen LogP contribution in [0.2, 0.25) is 0 Å². The number of nitrogens with one attached hydrogen (secondary N) is 1. The van der Waals surface area contributed by atoms with Crippen LogP contribution in [0.15, 0.2) is 54.6 Å². The van der Waals surface area contributed by atoms with Crippen molar-refractivity contribution < 1.29 is 14.0 Å². The molecule has 0 atom stereocenters. The van der Waals surface area contributed by atoms with Gasteiger partial charge in [0.2, 0.25) is 5.91 Å². The van der Waals surface area contributed by atoms with E-state index in [1.54, 1.807) is 42.3 Å². The van der Waals surface area contributed by atoms with Gasteiger partial charge in [0.1, 0.15) is 5.82 Å². The van der Waals surface area contributed by atoms with Gasteiger partial charge in [-0.2, -0.15) is 0 Å². The van der Waals surface area contributed by atoms with E-state index in [0.29, 0.717) is 34.9 Å². The number of halogens is 1. The van der Waals surface area contributed by atoms with E-state index in [1.807, 2.05) is 12.1 Å². The fourth-order valence-electron chi connectivity index (χ4n) is 3.39. The maximum absolute atomic E-state index is 13.9. The third-order valence-corrected chi connectivity index (χ3v) is 4.80. The minimum absolute atomic E-state index is 0.0899. The zero-order chi connectivity index (χ0) is 18.3. The lowest BCUT2D eigenvalue weighted by Crippen LogP contribution is -2.31. The van der Waals surface area contributed by atoms with Crippen molar-refractivity contribution in [1.82, 2.24) is 0 Å². The van der Waals surface area contributed by atoms with Crippen molar-refractivity contribution in [3.63, 3.8) is 0 Å². The van der Waals surface area contributed by atoms with E-state index < -0.39 is 0 Å². The Kier molecular flexibility index (Phi) is 3.92. The number of hydrogen-bond donors (Lipinski definition) is 1. The highest BCUT2D eigenvalue weighted by Crippen LogP contribution is 2.30. The molecule has 3 aromatic carbocycles. The average Bonchev–Trinajstić information content (AvgIpc) is 2.65. The van der Waals surface area contributed by atoms with Gasteiger partial charge in [-0.05, 0) is 47.7 Å². The van der Waals surface area contributed by atoms with Crippen molar-refractivity contribution in [2.75, 3.05) is 17.3 Å². The third kappa shape index (κ3) is 2.71. The van der Waals surface area contributed by atoms with E-state index in [2.05, 4.69) is 5.32 Å². The number of anilines is 2. The maximum Gasteiger partial charge on any atom is 0.256 e. The van der Waals surface area contributed by atoms with Gasteiger partial charge < -0.3 is 10.2 Å². The SMILES string of the molecule is CN1C(=O)CCc2cc(NC(=O)c3ccc(F)c4ccccc34)ccc21.